The summed E-state index contributed by atoms with van der Waals surface area (Å²) in [5, 5.41) is 3.46. The van der Waals surface area contributed by atoms with Crippen LogP contribution in [-0.2, 0) is 11.3 Å². The fraction of sp³-hybridized carbons (Fsp3) is 0.200. The summed E-state index contributed by atoms with van der Waals surface area (Å²) < 4.78 is 75.5. The van der Waals surface area contributed by atoms with Gasteiger partial charge in [0.1, 0.15) is 17.3 Å². The van der Waals surface area contributed by atoms with Gasteiger partial charge in [-0.05, 0) is 13.0 Å². The lowest BCUT2D eigenvalue weighted by molar-refractivity contribution is 0.0640. The molecule has 0 saturated heterocycles. The second-order valence-corrected chi connectivity index (χ2v) is 4.68. The van der Waals surface area contributed by atoms with Crippen LogP contribution < -0.4 is 10.4 Å². The molecule has 120 valence electrons. The first kappa shape index (κ1) is 16.2. The van der Waals surface area contributed by atoms with Crippen molar-refractivity contribution in [3.05, 3.63) is 40.1 Å². The van der Waals surface area contributed by atoms with Crippen LogP contribution in [0.25, 0.3) is 5.69 Å². The summed E-state index contributed by atoms with van der Waals surface area (Å²) >= 11 is -2.91. The Kier molecular flexibility index (Phi) is 4.32. The minimum atomic E-state index is -3.20. The lowest BCUT2D eigenvalue weighted by Crippen LogP contribution is -2.25. The SMILES string of the molecule is Cc1nn(-c2cc(NS(=O)[O-])c(F)cc2F)c(=O)n1C(F)F. The minimum Gasteiger partial charge on any atom is -0.755 e. The van der Waals surface area contributed by atoms with Gasteiger partial charge in [-0.25, -0.2) is 18.1 Å². The summed E-state index contributed by atoms with van der Waals surface area (Å²) in [5.74, 6) is -2.92. The zero-order chi connectivity index (χ0) is 16.6. The first-order valence-corrected chi connectivity index (χ1v) is 6.61. The second kappa shape index (κ2) is 5.88. The van der Waals surface area contributed by atoms with Gasteiger partial charge in [0.15, 0.2) is 5.82 Å². The van der Waals surface area contributed by atoms with E-state index in [2.05, 4.69) is 5.10 Å². The second-order valence-electron chi connectivity index (χ2n) is 4.01. The molecule has 0 amide bonds. The third-order valence-electron chi connectivity index (χ3n) is 2.63. The molecule has 7 nitrogen and oxygen atoms in total. The van der Waals surface area contributed by atoms with Gasteiger partial charge in [-0.2, -0.15) is 13.5 Å². The maximum Gasteiger partial charge on any atom is 0.355 e. The molecule has 0 radical (unpaired) electrons. The van der Waals surface area contributed by atoms with Crippen molar-refractivity contribution in [2.24, 2.45) is 0 Å². The molecule has 1 N–H and O–H groups in total. The number of rotatable bonds is 4. The highest BCUT2D eigenvalue weighted by atomic mass is 32.2. The van der Waals surface area contributed by atoms with Crippen LogP contribution in [0.15, 0.2) is 16.9 Å². The number of hydrogen-bond donors (Lipinski definition) is 1. The van der Waals surface area contributed by atoms with Crippen LogP contribution in [0.5, 0.6) is 0 Å². The van der Waals surface area contributed by atoms with Crippen molar-refractivity contribution in [1.82, 2.24) is 14.3 Å². The van der Waals surface area contributed by atoms with Crippen LogP contribution in [0, 0.1) is 18.6 Å². The number of nitrogens with one attached hydrogen (secondary N) is 1. The molecule has 0 saturated carbocycles. The van der Waals surface area contributed by atoms with Gasteiger partial charge in [0.05, 0.1) is 5.69 Å². The standard InChI is InChI=1S/C10H8F4N4O3S/c1-4-15-18(10(19)17(4)9(13)14)8-3-7(16-22(20)21)5(11)2-6(8)12/h2-3,9,16H,1H3,(H,20,21)/p-1. The minimum absolute atomic E-state index is 0.00164. The topological polar surface area (TPSA) is 92.0 Å². The molecule has 2 aromatic rings. The molecule has 0 spiro atoms. The van der Waals surface area contributed by atoms with Gasteiger partial charge in [-0.15, -0.1) is 5.10 Å². The molecule has 0 bridgehead atoms. The summed E-state index contributed by atoms with van der Waals surface area (Å²) in [7, 11) is 0. The van der Waals surface area contributed by atoms with Gasteiger partial charge in [0.2, 0.25) is 0 Å². The Balaban J connectivity index is 2.65. The smallest absolute Gasteiger partial charge is 0.355 e. The molecule has 0 aliphatic carbocycles. The predicted molar refractivity (Wildman–Crippen MR) is 66.3 cm³/mol. The molecular weight excluding hydrogens is 332 g/mol. The Bertz CT molecular complexity index is 804. The van der Waals surface area contributed by atoms with Crippen molar-refractivity contribution in [2.75, 3.05) is 4.72 Å². The largest absolute Gasteiger partial charge is 0.755 e. The van der Waals surface area contributed by atoms with Crippen LogP contribution in [0.1, 0.15) is 12.4 Å². The van der Waals surface area contributed by atoms with Crippen molar-refractivity contribution in [3.63, 3.8) is 0 Å². The number of aromatic nitrogens is 3. The van der Waals surface area contributed by atoms with E-state index in [1.54, 1.807) is 4.72 Å². The van der Waals surface area contributed by atoms with Gasteiger partial charge in [-0.3, -0.25) is 4.21 Å². The molecular formula is C10H7F4N4O3S-. The molecule has 0 fully saturated rings. The zero-order valence-corrected chi connectivity index (χ0v) is 11.5. The fourth-order valence-corrected chi connectivity index (χ4v) is 2.06. The third-order valence-corrected chi connectivity index (χ3v) is 3.02. The lowest BCUT2D eigenvalue weighted by Gasteiger charge is -2.11. The van der Waals surface area contributed by atoms with E-state index < -0.39 is 52.3 Å². The molecule has 1 atom stereocenters. The highest BCUT2D eigenvalue weighted by Gasteiger charge is 2.21. The predicted octanol–water partition coefficient (Wildman–Crippen LogP) is 1.22. The van der Waals surface area contributed by atoms with Crippen molar-refractivity contribution >= 4 is 17.0 Å². The number of alkyl halides is 2. The van der Waals surface area contributed by atoms with Crippen LogP contribution >= 0.6 is 0 Å². The van der Waals surface area contributed by atoms with E-state index in [1.165, 1.54) is 0 Å². The number of anilines is 1. The van der Waals surface area contributed by atoms with Crippen molar-refractivity contribution in [1.29, 1.82) is 0 Å². The molecule has 12 heteroatoms. The molecule has 0 aliphatic heterocycles. The van der Waals surface area contributed by atoms with Crippen LogP contribution in [0.2, 0.25) is 0 Å². The molecule has 0 aliphatic rings. The van der Waals surface area contributed by atoms with Gasteiger partial charge >= 0.3 is 12.2 Å². The third kappa shape index (κ3) is 2.87. The number of aryl methyl sites for hydroxylation is 1. The Hall–Kier alpha value is -2.21. The van der Waals surface area contributed by atoms with Crippen LogP contribution in [0.3, 0.4) is 0 Å². The maximum absolute atomic E-state index is 13.8. The van der Waals surface area contributed by atoms with E-state index in [0.717, 1.165) is 6.92 Å². The highest BCUT2D eigenvalue weighted by Crippen LogP contribution is 2.22. The van der Waals surface area contributed by atoms with Gasteiger partial charge in [-0.1, -0.05) is 0 Å². The summed E-state index contributed by atoms with van der Waals surface area (Å²) in [6, 6.07) is 0.928. The molecule has 2 rings (SSSR count). The molecule has 1 aromatic carbocycles. The first-order valence-electron chi connectivity index (χ1n) is 5.54. The monoisotopic (exact) mass is 339 g/mol. The summed E-state index contributed by atoms with van der Waals surface area (Å²) in [6.45, 7) is -2.10. The average Bonchev–Trinajstić information content (AvgIpc) is 2.67. The Morgan fingerprint density at radius 3 is 2.45 bits per heavy atom. The van der Waals surface area contributed by atoms with Crippen LogP contribution in [-0.4, -0.2) is 23.1 Å². The number of benzene rings is 1. The van der Waals surface area contributed by atoms with Crippen molar-refractivity contribution in [3.8, 4) is 5.69 Å². The summed E-state index contributed by atoms with van der Waals surface area (Å²) in [6.07, 6.45) is 0. The number of halogens is 4. The molecule has 1 aromatic heterocycles. The normalized spacial score (nSPS) is 12.7. The van der Waals surface area contributed by atoms with Gasteiger partial charge in [0.25, 0.3) is 0 Å². The highest BCUT2D eigenvalue weighted by molar-refractivity contribution is 7.80. The van der Waals surface area contributed by atoms with E-state index in [9.17, 15) is 31.1 Å². The lowest BCUT2D eigenvalue weighted by atomic mass is 10.2. The van der Waals surface area contributed by atoms with Crippen LogP contribution in [0.4, 0.5) is 23.2 Å². The molecule has 1 unspecified atom stereocenters. The maximum atomic E-state index is 13.8. The van der Waals surface area contributed by atoms with E-state index in [-0.39, 0.29) is 9.25 Å². The van der Waals surface area contributed by atoms with Gasteiger partial charge < -0.3 is 9.27 Å². The average molecular weight is 339 g/mol. The van der Waals surface area contributed by atoms with E-state index in [4.69, 9.17) is 0 Å². The number of hydrogen-bond acceptors (Lipinski definition) is 4. The first-order chi connectivity index (χ1) is 10.2. The Morgan fingerprint density at radius 2 is 1.95 bits per heavy atom. The van der Waals surface area contributed by atoms with Crippen molar-refractivity contribution < 1.29 is 26.3 Å². The molecule has 22 heavy (non-hydrogen) atoms. The number of nitrogens with zero attached hydrogens (tertiary/aromatic N) is 3. The molecule has 1 heterocycles. The summed E-state index contributed by atoms with van der Waals surface area (Å²) in [4.78, 5) is 11.8. The van der Waals surface area contributed by atoms with E-state index in [0.29, 0.717) is 12.1 Å². The quantitative estimate of drug-likeness (QED) is 0.670. The fourth-order valence-electron chi connectivity index (χ4n) is 1.73. The Labute approximate surface area is 122 Å². The van der Waals surface area contributed by atoms with Gasteiger partial charge in [0, 0.05) is 17.3 Å². The van der Waals surface area contributed by atoms with E-state index >= 15 is 0 Å². The Morgan fingerprint density at radius 1 is 1.32 bits per heavy atom. The van der Waals surface area contributed by atoms with Crippen molar-refractivity contribution in [2.45, 2.75) is 13.5 Å². The van der Waals surface area contributed by atoms with E-state index in [1.807, 2.05) is 0 Å². The zero-order valence-electron chi connectivity index (χ0n) is 10.7. The summed E-state index contributed by atoms with van der Waals surface area (Å²) in [5.41, 5.74) is -2.70.